The molecule has 126 valence electrons. The zero-order valence-corrected chi connectivity index (χ0v) is 13.3. The molecule has 0 aliphatic heterocycles. The number of benzene rings is 1. The van der Waals surface area contributed by atoms with Crippen LogP contribution in [0.2, 0.25) is 0 Å². The number of aliphatic carboxylic acids is 1. The summed E-state index contributed by atoms with van der Waals surface area (Å²) in [7, 11) is 0. The molecule has 0 unspecified atom stereocenters. The van der Waals surface area contributed by atoms with E-state index in [9.17, 15) is 9.59 Å². The summed E-state index contributed by atoms with van der Waals surface area (Å²) in [6, 6.07) is 7.15. The summed E-state index contributed by atoms with van der Waals surface area (Å²) in [5, 5.41) is 11.9. The molecule has 1 saturated carbocycles. The van der Waals surface area contributed by atoms with Crippen molar-refractivity contribution in [3.63, 3.8) is 0 Å². The normalized spacial score (nSPS) is 15.9. The van der Waals surface area contributed by atoms with Crippen molar-refractivity contribution in [3.8, 4) is 11.5 Å². The third-order valence-corrected chi connectivity index (χ3v) is 3.96. The van der Waals surface area contributed by atoms with Crippen LogP contribution in [0.5, 0.6) is 11.5 Å². The Kier molecular flexibility index (Phi) is 5.84. The largest absolute Gasteiger partial charge is 0.490 e. The summed E-state index contributed by atoms with van der Waals surface area (Å²) in [5.74, 6) is -0.110. The van der Waals surface area contributed by atoms with Gasteiger partial charge in [-0.25, -0.2) is 0 Å². The molecule has 1 aliphatic rings. The van der Waals surface area contributed by atoms with Gasteiger partial charge in [-0.2, -0.15) is 0 Å². The topological polar surface area (TPSA) is 84.9 Å². The van der Waals surface area contributed by atoms with Gasteiger partial charge in [-0.05, 0) is 31.9 Å². The van der Waals surface area contributed by atoms with Crippen LogP contribution in [0.1, 0.15) is 39.0 Å². The van der Waals surface area contributed by atoms with E-state index in [1.165, 1.54) is 0 Å². The summed E-state index contributed by atoms with van der Waals surface area (Å²) < 4.78 is 11.0. The van der Waals surface area contributed by atoms with Gasteiger partial charge in [0.15, 0.2) is 18.1 Å². The number of carbonyl (C=O) groups excluding carboxylic acids is 1. The van der Waals surface area contributed by atoms with E-state index in [4.69, 9.17) is 14.6 Å². The second-order valence-corrected chi connectivity index (χ2v) is 5.77. The molecule has 1 aromatic rings. The zero-order chi connectivity index (χ0) is 16.7. The Morgan fingerprint density at radius 2 is 1.78 bits per heavy atom. The first-order valence-corrected chi connectivity index (χ1v) is 7.92. The summed E-state index contributed by atoms with van der Waals surface area (Å²) >= 11 is 0. The molecule has 6 nitrogen and oxygen atoms in total. The highest BCUT2D eigenvalue weighted by Gasteiger charge is 2.37. The van der Waals surface area contributed by atoms with Gasteiger partial charge in [0.05, 0.1) is 18.6 Å². The number of para-hydroxylation sites is 2. The van der Waals surface area contributed by atoms with Crippen LogP contribution < -0.4 is 14.8 Å². The molecule has 0 radical (unpaired) electrons. The first kappa shape index (κ1) is 17.1. The van der Waals surface area contributed by atoms with Crippen LogP contribution in [0.25, 0.3) is 0 Å². The van der Waals surface area contributed by atoms with Crippen LogP contribution in [0.3, 0.4) is 0 Å². The van der Waals surface area contributed by atoms with Crippen LogP contribution in [0.4, 0.5) is 0 Å². The number of nitrogens with one attached hydrogen (secondary N) is 1. The Hall–Kier alpha value is -2.24. The average Bonchev–Trinajstić information content (AvgIpc) is 2.94. The van der Waals surface area contributed by atoms with Crippen molar-refractivity contribution in [2.75, 3.05) is 13.2 Å². The molecule has 1 fully saturated rings. The molecule has 0 saturated heterocycles. The number of hydrogen-bond acceptors (Lipinski definition) is 4. The minimum atomic E-state index is -0.894. The third kappa shape index (κ3) is 4.87. The Labute approximate surface area is 135 Å². The number of rotatable bonds is 8. The SMILES string of the molecule is CCOc1ccccc1OCC(=O)NC1(CC(=O)O)CCCC1. The van der Waals surface area contributed by atoms with Gasteiger partial charge >= 0.3 is 5.97 Å². The van der Waals surface area contributed by atoms with Gasteiger partial charge in [0.25, 0.3) is 5.91 Å². The molecular formula is C17H23NO5. The van der Waals surface area contributed by atoms with Crippen LogP contribution >= 0.6 is 0 Å². The molecular weight excluding hydrogens is 298 g/mol. The average molecular weight is 321 g/mol. The van der Waals surface area contributed by atoms with Gasteiger partial charge in [0, 0.05) is 0 Å². The standard InChI is InChI=1S/C17H23NO5/c1-2-22-13-7-3-4-8-14(13)23-12-15(19)18-17(11-16(20)21)9-5-6-10-17/h3-4,7-8H,2,5-6,9-12H2,1H3,(H,18,19)(H,20,21). The molecule has 23 heavy (non-hydrogen) atoms. The molecule has 0 aromatic heterocycles. The van der Waals surface area contributed by atoms with Crippen LogP contribution in [-0.4, -0.2) is 35.7 Å². The van der Waals surface area contributed by atoms with Gasteiger partial charge in [-0.3, -0.25) is 9.59 Å². The quantitative estimate of drug-likeness (QED) is 0.768. The maximum atomic E-state index is 12.2. The van der Waals surface area contributed by atoms with Crippen molar-refractivity contribution >= 4 is 11.9 Å². The van der Waals surface area contributed by atoms with Gasteiger partial charge in [-0.15, -0.1) is 0 Å². The predicted molar refractivity (Wildman–Crippen MR) is 84.7 cm³/mol. The fourth-order valence-corrected chi connectivity index (χ4v) is 3.01. The van der Waals surface area contributed by atoms with Crippen molar-refractivity contribution in [1.82, 2.24) is 5.32 Å². The van der Waals surface area contributed by atoms with Crippen LogP contribution in [0.15, 0.2) is 24.3 Å². The van der Waals surface area contributed by atoms with Crippen molar-refractivity contribution < 1.29 is 24.2 Å². The first-order valence-electron chi connectivity index (χ1n) is 7.92. The molecule has 0 atom stereocenters. The molecule has 6 heteroatoms. The van der Waals surface area contributed by atoms with E-state index >= 15 is 0 Å². The Bertz CT molecular complexity index is 552. The minimum Gasteiger partial charge on any atom is -0.490 e. The number of ether oxygens (including phenoxy) is 2. The Morgan fingerprint density at radius 3 is 2.35 bits per heavy atom. The van der Waals surface area contributed by atoms with E-state index in [1.807, 2.05) is 13.0 Å². The Balaban J connectivity index is 1.93. The van der Waals surface area contributed by atoms with Gasteiger partial charge in [0.2, 0.25) is 0 Å². The molecule has 1 amide bonds. The number of carboxylic acids is 1. The van der Waals surface area contributed by atoms with E-state index in [0.29, 0.717) is 30.9 Å². The summed E-state index contributed by atoms with van der Waals surface area (Å²) in [6.07, 6.45) is 3.21. The number of hydrogen-bond donors (Lipinski definition) is 2. The summed E-state index contributed by atoms with van der Waals surface area (Å²) in [5.41, 5.74) is -0.633. The highest BCUT2D eigenvalue weighted by molar-refractivity contribution is 5.79. The summed E-state index contributed by atoms with van der Waals surface area (Å²) in [6.45, 7) is 2.22. The second-order valence-electron chi connectivity index (χ2n) is 5.77. The molecule has 1 aromatic carbocycles. The lowest BCUT2D eigenvalue weighted by Gasteiger charge is -2.28. The lowest BCUT2D eigenvalue weighted by atomic mass is 9.93. The third-order valence-electron chi connectivity index (χ3n) is 3.96. The smallest absolute Gasteiger partial charge is 0.305 e. The fourth-order valence-electron chi connectivity index (χ4n) is 3.01. The lowest BCUT2D eigenvalue weighted by Crippen LogP contribution is -2.49. The minimum absolute atomic E-state index is 0.0473. The first-order chi connectivity index (χ1) is 11.0. The molecule has 2 rings (SSSR count). The molecule has 0 heterocycles. The summed E-state index contributed by atoms with van der Waals surface area (Å²) in [4.78, 5) is 23.2. The molecule has 0 bridgehead atoms. The maximum absolute atomic E-state index is 12.2. The number of carboxylic acid groups (broad SMARTS) is 1. The monoisotopic (exact) mass is 321 g/mol. The van der Waals surface area contributed by atoms with Crippen molar-refractivity contribution in [3.05, 3.63) is 24.3 Å². The second kappa shape index (κ2) is 7.85. The highest BCUT2D eigenvalue weighted by Crippen LogP contribution is 2.32. The highest BCUT2D eigenvalue weighted by atomic mass is 16.5. The molecule has 2 N–H and O–H groups in total. The van der Waals surface area contributed by atoms with E-state index in [-0.39, 0.29) is 18.9 Å². The van der Waals surface area contributed by atoms with Crippen molar-refractivity contribution in [2.24, 2.45) is 0 Å². The fraction of sp³-hybridized carbons (Fsp3) is 0.529. The zero-order valence-electron chi connectivity index (χ0n) is 13.3. The van der Waals surface area contributed by atoms with Crippen molar-refractivity contribution in [2.45, 2.75) is 44.6 Å². The van der Waals surface area contributed by atoms with Crippen molar-refractivity contribution in [1.29, 1.82) is 0 Å². The molecule has 0 spiro atoms. The van der Waals surface area contributed by atoms with Gasteiger partial charge in [0.1, 0.15) is 0 Å². The van der Waals surface area contributed by atoms with E-state index in [0.717, 1.165) is 12.8 Å². The van der Waals surface area contributed by atoms with Gasteiger partial charge < -0.3 is 19.9 Å². The number of carbonyl (C=O) groups is 2. The van der Waals surface area contributed by atoms with Crippen LogP contribution in [-0.2, 0) is 9.59 Å². The van der Waals surface area contributed by atoms with E-state index in [2.05, 4.69) is 5.32 Å². The van der Waals surface area contributed by atoms with Gasteiger partial charge in [-0.1, -0.05) is 25.0 Å². The number of amides is 1. The Morgan fingerprint density at radius 1 is 1.17 bits per heavy atom. The maximum Gasteiger partial charge on any atom is 0.305 e. The van der Waals surface area contributed by atoms with E-state index < -0.39 is 11.5 Å². The van der Waals surface area contributed by atoms with Crippen LogP contribution in [0, 0.1) is 0 Å². The van der Waals surface area contributed by atoms with E-state index in [1.54, 1.807) is 18.2 Å². The predicted octanol–water partition coefficient (Wildman–Crippen LogP) is 2.37. The molecule has 1 aliphatic carbocycles. The lowest BCUT2D eigenvalue weighted by molar-refractivity contribution is -0.139.